The summed E-state index contributed by atoms with van der Waals surface area (Å²) in [6, 6.07) is 15.3. The van der Waals surface area contributed by atoms with Crippen molar-refractivity contribution in [1.29, 1.82) is 0 Å². The second-order valence-electron chi connectivity index (χ2n) is 5.83. The van der Waals surface area contributed by atoms with Crippen molar-refractivity contribution in [3.05, 3.63) is 59.2 Å². The van der Waals surface area contributed by atoms with E-state index in [1.807, 2.05) is 11.8 Å². The molecule has 1 N–H and O–H groups in total. The molecule has 2 nitrogen and oxygen atoms in total. The molecule has 0 aliphatic carbocycles. The van der Waals surface area contributed by atoms with E-state index in [9.17, 15) is 0 Å². The fourth-order valence-electron chi connectivity index (χ4n) is 3.07. The molecule has 1 aliphatic heterocycles. The van der Waals surface area contributed by atoms with Gasteiger partial charge in [-0.25, -0.2) is 0 Å². The molecule has 0 fully saturated rings. The molecule has 22 heavy (non-hydrogen) atoms. The van der Waals surface area contributed by atoms with Gasteiger partial charge in [0.1, 0.15) is 5.75 Å². The van der Waals surface area contributed by atoms with Gasteiger partial charge in [0.2, 0.25) is 0 Å². The molecule has 1 atom stereocenters. The van der Waals surface area contributed by atoms with Gasteiger partial charge < -0.3 is 22.0 Å². The van der Waals surface area contributed by atoms with Crippen LogP contribution in [0.15, 0.2) is 47.4 Å². The van der Waals surface area contributed by atoms with Crippen molar-refractivity contribution in [3.63, 3.8) is 0 Å². The normalized spacial score (nSPS) is 16.3. The van der Waals surface area contributed by atoms with Crippen LogP contribution >= 0.6 is 11.8 Å². The average Bonchev–Trinajstić information content (AvgIpc) is 2.65. The van der Waals surface area contributed by atoms with Crippen LogP contribution in [0.5, 0.6) is 5.75 Å². The molecule has 2 aromatic carbocycles. The fourth-order valence-corrected chi connectivity index (χ4v) is 4.31. The zero-order valence-corrected chi connectivity index (χ0v) is 14.8. The third-order valence-corrected chi connectivity index (χ3v) is 5.20. The van der Waals surface area contributed by atoms with Gasteiger partial charge in [0, 0.05) is 5.75 Å². The van der Waals surface area contributed by atoms with Crippen molar-refractivity contribution in [2.45, 2.75) is 16.6 Å². The van der Waals surface area contributed by atoms with E-state index in [1.165, 1.54) is 26.5 Å². The number of ether oxygens (including phenoxy) is 1. The van der Waals surface area contributed by atoms with E-state index in [2.05, 4.69) is 56.6 Å². The van der Waals surface area contributed by atoms with Crippen LogP contribution in [-0.4, -0.2) is 27.7 Å². The molecule has 4 heteroatoms. The summed E-state index contributed by atoms with van der Waals surface area (Å²) in [5.74, 6) is 2.46. The van der Waals surface area contributed by atoms with E-state index in [4.69, 9.17) is 4.74 Å². The summed E-state index contributed by atoms with van der Waals surface area (Å²) in [6.07, 6.45) is 0. The number of nitrogens with one attached hydrogen (secondary N) is 1. The Morgan fingerprint density at radius 1 is 1.09 bits per heavy atom. The van der Waals surface area contributed by atoms with Crippen molar-refractivity contribution < 1.29 is 22.0 Å². The average molecular weight is 336 g/mol. The minimum atomic E-state index is 0. The van der Waals surface area contributed by atoms with Gasteiger partial charge in [0.25, 0.3) is 0 Å². The van der Waals surface area contributed by atoms with E-state index >= 15 is 0 Å². The lowest BCUT2D eigenvalue weighted by Crippen LogP contribution is -3.06. The number of hydrogen-bond acceptors (Lipinski definition) is 2. The molecule has 0 bridgehead atoms. The summed E-state index contributed by atoms with van der Waals surface area (Å²) in [7, 11) is 6.21. The lowest BCUT2D eigenvalue weighted by Gasteiger charge is -2.22. The first-order chi connectivity index (χ1) is 10.2. The number of halogens is 1. The van der Waals surface area contributed by atoms with E-state index in [-0.39, 0.29) is 12.4 Å². The summed E-state index contributed by atoms with van der Waals surface area (Å²) in [5.41, 5.74) is 4.33. The van der Waals surface area contributed by atoms with Gasteiger partial charge in [-0.15, -0.1) is 11.8 Å². The molecular weight excluding hydrogens is 314 g/mol. The van der Waals surface area contributed by atoms with Crippen LogP contribution in [0.4, 0.5) is 0 Å². The first-order valence-electron chi connectivity index (χ1n) is 7.37. The summed E-state index contributed by atoms with van der Waals surface area (Å²) >= 11 is 1.90. The summed E-state index contributed by atoms with van der Waals surface area (Å²) in [5, 5.41) is 0. The smallest absolute Gasteiger partial charge is 0.132 e. The highest BCUT2D eigenvalue weighted by Gasteiger charge is 2.27. The molecule has 1 unspecified atom stereocenters. The van der Waals surface area contributed by atoms with Gasteiger partial charge in [-0.2, -0.15) is 0 Å². The maximum Gasteiger partial charge on any atom is 0.132 e. The summed E-state index contributed by atoms with van der Waals surface area (Å²) in [4.78, 5) is 2.78. The molecule has 0 radical (unpaired) electrons. The number of rotatable bonds is 3. The highest BCUT2D eigenvalue weighted by molar-refractivity contribution is 7.98. The predicted octanol–water partition coefficient (Wildman–Crippen LogP) is -0.419. The van der Waals surface area contributed by atoms with Crippen molar-refractivity contribution in [3.8, 4) is 5.75 Å². The molecule has 1 aliphatic rings. The summed E-state index contributed by atoms with van der Waals surface area (Å²) in [6.45, 7) is 1.09. The Morgan fingerprint density at radius 3 is 2.55 bits per heavy atom. The zero-order valence-electron chi connectivity index (χ0n) is 13.2. The second kappa shape index (κ2) is 7.40. The molecule has 0 saturated carbocycles. The molecule has 118 valence electrons. The molecule has 0 spiro atoms. The van der Waals surface area contributed by atoms with Crippen LogP contribution in [0.25, 0.3) is 0 Å². The van der Waals surface area contributed by atoms with Gasteiger partial charge in [-0.05, 0) is 22.8 Å². The second-order valence-corrected chi connectivity index (χ2v) is 6.82. The number of thioether (sulfide) groups is 1. The van der Waals surface area contributed by atoms with Gasteiger partial charge in [-0.3, -0.25) is 0 Å². The van der Waals surface area contributed by atoms with Gasteiger partial charge in [-0.1, -0.05) is 36.4 Å². The molecule has 0 amide bonds. The van der Waals surface area contributed by atoms with Crippen molar-refractivity contribution in [2.24, 2.45) is 0 Å². The molecular formula is C18H22ClNOS. The minimum Gasteiger partial charge on any atom is -1.00 e. The van der Waals surface area contributed by atoms with Crippen LogP contribution in [0.2, 0.25) is 0 Å². The molecule has 2 aromatic rings. The number of fused-ring (bicyclic) bond motifs is 2. The maximum atomic E-state index is 5.59. The maximum absolute atomic E-state index is 5.59. The van der Waals surface area contributed by atoms with Crippen LogP contribution in [-0.2, 0) is 5.75 Å². The fraction of sp³-hybridized carbons (Fsp3) is 0.333. The van der Waals surface area contributed by atoms with Crippen LogP contribution < -0.4 is 22.0 Å². The largest absolute Gasteiger partial charge is 1.00 e. The number of quaternary nitrogens is 1. The Kier molecular flexibility index (Phi) is 5.79. The minimum absolute atomic E-state index is 0. The van der Waals surface area contributed by atoms with Crippen molar-refractivity contribution in [2.75, 3.05) is 27.7 Å². The zero-order chi connectivity index (χ0) is 14.8. The highest BCUT2D eigenvalue weighted by atomic mass is 35.5. The van der Waals surface area contributed by atoms with E-state index in [0.717, 1.165) is 18.0 Å². The Bertz CT molecular complexity index is 645. The molecule has 3 rings (SSSR count). The Balaban J connectivity index is 0.00000176. The van der Waals surface area contributed by atoms with Crippen molar-refractivity contribution >= 4 is 11.8 Å². The van der Waals surface area contributed by atoms with Crippen LogP contribution in [0.3, 0.4) is 0 Å². The highest BCUT2D eigenvalue weighted by Crippen LogP contribution is 2.44. The Morgan fingerprint density at radius 2 is 1.82 bits per heavy atom. The monoisotopic (exact) mass is 335 g/mol. The number of methoxy groups -OCH3 is 1. The van der Waals surface area contributed by atoms with E-state index in [0.29, 0.717) is 5.92 Å². The SMILES string of the molecule is COc1cccc2c1SCc1ccccc1C2C[NH+](C)C.[Cl-]. The first-order valence-corrected chi connectivity index (χ1v) is 8.35. The van der Waals surface area contributed by atoms with Crippen LogP contribution in [0.1, 0.15) is 22.6 Å². The molecule has 0 aromatic heterocycles. The standard InChI is InChI=1S/C18H21NOS.ClH/c1-19(2)11-16-14-8-5-4-7-13(14)12-21-18-15(16)9-6-10-17(18)20-3;/h4-10,16H,11-12H2,1-3H3;1H. The summed E-state index contributed by atoms with van der Waals surface area (Å²) < 4.78 is 5.59. The topological polar surface area (TPSA) is 13.7 Å². The van der Waals surface area contributed by atoms with Crippen LogP contribution in [0, 0.1) is 0 Å². The number of benzene rings is 2. The lowest BCUT2D eigenvalue weighted by molar-refractivity contribution is -0.859. The number of hydrogen-bond donors (Lipinski definition) is 1. The van der Waals surface area contributed by atoms with E-state index in [1.54, 1.807) is 7.11 Å². The van der Waals surface area contributed by atoms with Gasteiger partial charge in [0.05, 0.1) is 38.6 Å². The first kappa shape index (κ1) is 17.2. The number of likely N-dealkylation sites (N-methyl/N-ethyl adjacent to an activating group) is 1. The predicted molar refractivity (Wildman–Crippen MR) is 88.5 cm³/mol. The molecule has 1 heterocycles. The quantitative estimate of drug-likeness (QED) is 0.819. The Hall–Kier alpha value is -1.16. The van der Waals surface area contributed by atoms with Crippen molar-refractivity contribution in [1.82, 2.24) is 0 Å². The lowest BCUT2D eigenvalue weighted by atomic mass is 9.88. The van der Waals surface area contributed by atoms with Gasteiger partial charge >= 0.3 is 0 Å². The third-order valence-electron chi connectivity index (χ3n) is 4.02. The molecule has 0 saturated heterocycles. The van der Waals surface area contributed by atoms with Gasteiger partial charge in [0.15, 0.2) is 0 Å². The Labute approximate surface area is 143 Å². The third kappa shape index (κ3) is 3.27. The van der Waals surface area contributed by atoms with E-state index < -0.39 is 0 Å².